The van der Waals surface area contributed by atoms with Crippen molar-refractivity contribution in [3.8, 4) is 0 Å². The third-order valence-electron chi connectivity index (χ3n) is 5.46. The highest BCUT2D eigenvalue weighted by Gasteiger charge is 2.40. The molecule has 0 bridgehead atoms. The number of nitrogens with one attached hydrogen (secondary N) is 2. The van der Waals surface area contributed by atoms with Gasteiger partial charge in [0.15, 0.2) is 0 Å². The maximum absolute atomic E-state index is 12.5. The fourth-order valence-corrected chi connectivity index (χ4v) is 3.83. The van der Waals surface area contributed by atoms with Gasteiger partial charge >= 0.3 is 0 Å². The number of hydrogen-bond acceptors (Lipinski definition) is 3. The second-order valence-electron chi connectivity index (χ2n) is 7.52. The molecule has 1 atom stereocenters. The molecule has 2 N–H and O–H groups in total. The summed E-state index contributed by atoms with van der Waals surface area (Å²) in [5, 5.41) is 6.63. The molecule has 0 radical (unpaired) electrons. The van der Waals surface area contributed by atoms with Crippen LogP contribution < -0.4 is 10.6 Å². The standard InChI is InChI=1S/C16H31N3O.ClH/c1-15(2)8-7-11-17-13(15)14(20)18-12-16(19(3)4)9-5-6-10-16;/h13,17H,5-12H2,1-4H3,(H,18,20);1H. The molecule has 4 nitrogen and oxygen atoms in total. The summed E-state index contributed by atoms with van der Waals surface area (Å²) in [7, 11) is 4.28. The molecule has 21 heavy (non-hydrogen) atoms. The third-order valence-corrected chi connectivity index (χ3v) is 5.46. The summed E-state index contributed by atoms with van der Waals surface area (Å²) >= 11 is 0. The summed E-state index contributed by atoms with van der Waals surface area (Å²) in [6.07, 6.45) is 7.24. The van der Waals surface area contributed by atoms with Gasteiger partial charge in [0.25, 0.3) is 0 Å². The Morgan fingerprint density at radius 3 is 2.33 bits per heavy atom. The lowest BCUT2D eigenvalue weighted by atomic mass is 9.77. The van der Waals surface area contributed by atoms with Crippen LogP contribution in [0.4, 0.5) is 0 Å². The van der Waals surface area contributed by atoms with Gasteiger partial charge in [-0.25, -0.2) is 0 Å². The van der Waals surface area contributed by atoms with Crippen LogP contribution in [0.1, 0.15) is 52.4 Å². The van der Waals surface area contributed by atoms with Crippen molar-refractivity contribution >= 4 is 18.3 Å². The molecule has 0 aromatic heterocycles. The van der Waals surface area contributed by atoms with Crippen LogP contribution in [0.15, 0.2) is 0 Å². The number of nitrogens with zero attached hydrogens (tertiary/aromatic N) is 1. The number of carbonyl (C=O) groups is 1. The Labute approximate surface area is 135 Å². The highest BCUT2D eigenvalue weighted by atomic mass is 35.5. The average Bonchev–Trinajstić information content (AvgIpc) is 2.85. The van der Waals surface area contributed by atoms with Crippen LogP contribution in [0.3, 0.4) is 0 Å². The second-order valence-corrected chi connectivity index (χ2v) is 7.52. The van der Waals surface area contributed by atoms with Crippen LogP contribution in [0.2, 0.25) is 0 Å². The molecule has 2 fully saturated rings. The topological polar surface area (TPSA) is 44.4 Å². The lowest BCUT2D eigenvalue weighted by Crippen LogP contribution is -2.59. The van der Waals surface area contributed by atoms with Crippen LogP contribution in [-0.2, 0) is 4.79 Å². The predicted molar refractivity (Wildman–Crippen MR) is 89.9 cm³/mol. The molecule has 1 aliphatic heterocycles. The molecule has 5 heteroatoms. The minimum atomic E-state index is -0.0446. The van der Waals surface area contributed by atoms with Crippen LogP contribution in [0.5, 0.6) is 0 Å². The summed E-state index contributed by atoms with van der Waals surface area (Å²) in [6.45, 7) is 6.13. The van der Waals surface area contributed by atoms with Crippen molar-refractivity contribution in [3.63, 3.8) is 0 Å². The van der Waals surface area contributed by atoms with Gasteiger partial charge in [-0.2, -0.15) is 0 Å². The van der Waals surface area contributed by atoms with Crippen LogP contribution in [0, 0.1) is 5.41 Å². The highest BCUT2D eigenvalue weighted by Crippen LogP contribution is 2.34. The van der Waals surface area contributed by atoms with Gasteiger partial charge in [0.05, 0.1) is 6.04 Å². The molecule has 1 heterocycles. The van der Waals surface area contributed by atoms with Crippen LogP contribution >= 0.6 is 12.4 Å². The summed E-state index contributed by atoms with van der Waals surface area (Å²) in [5.41, 5.74) is 0.234. The van der Waals surface area contributed by atoms with E-state index in [2.05, 4.69) is 43.5 Å². The zero-order chi connectivity index (χ0) is 14.8. The molecule has 2 aliphatic rings. The molecular formula is C16H32ClN3O. The molecule has 1 aliphatic carbocycles. The molecule has 1 saturated heterocycles. The zero-order valence-corrected chi connectivity index (χ0v) is 14.8. The van der Waals surface area contributed by atoms with Crippen molar-refractivity contribution in [2.45, 2.75) is 64.0 Å². The maximum atomic E-state index is 12.5. The Hall–Kier alpha value is -0.320. The monoisotopic (exact) mass is 317 g/mol. The third kappa shape index (κ3) is 4.11. The number of hydrogen-bond donors (Lipinski definition) is 2. The molecular weight excluding hydrogens is 286 g/mol. The lowest BCUT2D eigenvalue weighted by molar-refractivity contribution is -0.127. The first kappa shape index (κ1) is 18.7. The van der Waals surface area contributed by atoms with E-state index in [0.717, 1.165) is 19.5 Å². The van der Waals surface area contributed by atoms with E-state index in [1.807, 2.05) is 0 Å². The van der Waals surface area contributed by atoms with E-state index in [0.29, 0.717) is 0 Å². The lowest BCUT2D eigenvalue weighted by Gasteiger charge is -2.40. The summed E-state index contributed by atoms with van der Waals surface area (Å²) < 4.78 is 0. The van der Waals surface area contributed by atoms with Crippen molar-refractivity contribution in [1.82, 2.24) is 15.5 Å². The SMILES string of the molecule is CN(C)C1(CNC(=O)C2NCCCC2(C)C)CCCC1.Cl. The van der Waals surface area contributed by atoms with E-state index in [1.54, 1.807) is 0 Å². The van der Waals surface area contributed by atoms with Gasteiger partial charge in [0.2, 0.25) is 5.91 Å². The zero-order valence-electron chi connectivity index (χ0n) is 14.0. The van der Waals surface area contributed by atoms with Crippen molar-refractivity contribution in [2.24, 2.45) is 5.41 Å². The van der Waals surface area contributed by atoms with E-state index < -0.39 is 0 Å². The molecule has 0 aromatic rings. The predicted octanol–water partition coefficient (Wildman–Crippen LogP) is 2.18. The fourth-order valence-electron chi connectivity index (χ4n) is 3.83. The van der Waals surface area contributed by atoms with Gasteiger partial charge in [-0.3, -0.25) is 4.79 Å². The summed E-state index contributed by atoms with van der Waals surface area (Å²) in [6, 6.07) is -0.0446. The van der Waals surface area contributed by atoms with Crippen molar-refractivity contribution in [2.75, 3.05) is 27.2 Å². The number of amides is 1. The Balaban J connectivity index is 0.00000220. The number of likely N-dealkylation sites (N-methyl/N-ethyl adjacent to an activating group) is 1. The van der Waals surface area contributed by atoms with Gasteiger partial charge in [-0.05, 0) is 51.7 Å². The van der Waals surface area contributed by atoms with E-state index in [1.165, 1.54) is 32.1 Å². The minimum absolute atomic E-state index is 0. The number of rotatable bonds is 4. The first-order valence-electron chi connectivity index (χ1n) is 8.06. The van der Waals surface area contributed by atoms with Gasteiger partial charge in [0.1, 0.15) is 0 Å². The van der Waals surface area contributed by atoms with Gasteiger partial charge in [0, 0.05) is 12.1 Å². The maximum Gasteiger partial charge on any atom is 0.237 e. The first-order chi connectivity index (χ1) is 9.37. The fraction of sp³-hybridized carbons (Fsp3) is 0.938. The highest BCUT2D eigenvalue weighted by molar-refractivity contribution is 5.85. The Bertz CT molecular complexity index is 351. The smallest absolute Gasteiger partial charge is 0.237 e. The summed E-state index contributed by atoms with van der Waals surface area (Å²) in [5.74, 6) is 0.183. The second kappa shape index (κ2) is 7.30. The van der Waals surface area contributed by atoms with Crippen molar-refractivity contribution < 1.29 is 4.79 Å². The quantitative estimate of drug-likeness (QED) is 0.835. The molecule has 2 rings (SSSR count). The van der Waals surface area contributed by atoms with E-state index >= 15 is 0 Å². The minimum Gasteiger partial charge on any atom is -0.353 e. The normalized spacial score (nSPS) is 27.2. The average molecular weight is 318 g/mol. The molecule has 0 spiro atoms. The number of halogens is 1. The van der Waals surface area contributed by atoms with E-state index in [-0.39, 0.29) is 35.3 Å². The molecule has 124 valence electrons. The number of carbonyl (C=O) groups excluding carboxylic acids is 1. The Morgan fingerprint density at radius 2 is 1.81 bits per heavy atom. The van der Waals surface area contributed by atoms with E-state index in [9.17, 15) is 4.79 Å². The molecule has 1 saturated carbocycles. The molecule has 0 aromatic carbocycles. The Morgan fingerprint density at radius 1 is 1.19 bits per heavy atom. The largest absolute Gasteiger partial charge is 0.353 e. The Kier molecular flexibility index (Phi) is 6.51. The van der Waals surface area contributed by atoms with E-state index in [4.69, 9.17) is 0 Å². The van der Waals surface area contributed by atoms with Gasteiger partial charge < -0.3 is 15.5 Å². The van der Waals surface area contributed by atoms with Crippen LogP contribution in [-0.4, -0.2) is 49.6 Å². The first-order valence-corrected chi connectivity index (χ1v) is 8.06. The van der Waals surface area contributed by atoms with Crippen molar-refractivity contribution in [3.05, 3.63) is 0 Å². The van der Waals surface area contributed by atoms with Gasteiger partial charge in [-0.15, -0.1) is 12.4 Å². The number of piperidine rings is 1. The van der Waals surface area contributed by atoms with Crippen LogP contribution in [0.25, 0.3) is 0 Å². The molecule has 1 unspecified atom stereocenters. The van der Waals surface area contributed by atoms with Gasteiger partial charge in [-0.1, -0.05) is 26.7 Å². The molecule has 1 amide bonds. The van der Waals surface area contributed by atoms with Crippen molar-refractivity contribution in [1.29, 1.82) is 0 Å². The summed E-state index contributed by atoms with van der Waals surface area (Å²) in [4.78, 5) is 14.8.